The summed E-state index contributed by atoms with van der Waals surface area (Å²) in [6.45, 7) is 3.30. The summed E-state index contributed by atoms with van der Waals surface area (Å²) in [6.07, 6.45) is 1.11. The van der Waals surface area contributed by atoms with Gasteiger partial charge in [-0.2, -0.15) is 8.42 Å². The molecule has 0 atom stereocenters. The van der Waals surface area contributed by atoms with Gasteiger partial charge in [-0.25, -0.2) is 5.14 Å². The van der Waals surface area contributed by atoms with Crippen LogP contribution in [0.1, 0.15) is 0 Å². The third-order valence-corrected chi connectivity index (χ3v) is 2.10. The molecule has 0 aromatic heterocycles. The molecule has 16 heavy (non-hydrogen) atoms. The third-order valence-electron chi connectivity index (χ3n) is 1.58. The average molecular weight is 241 g/mol. The summed E-state index contributed by atoms with van der Waals surface area (Å²) in [6, 6.07) is 6.13. The summed E-state index contributed by atoms with van der Waals surface area (Å²) < 4.78 is 23.6. The number of rotatable bonds is 4. The van der Waals surface area contributed by atoms with Crippen molar-refractivity contribution in [3.63, 3.8) is 0 Å². The van der Waals surface area contributed by atoms with Crippen LogP contribution < -0.4 is 15.2 Å². The molecule has 1 amide bonds. The molecule has 0 aliphatic carbocycles. The second kappa shape index (κ2) is 4.77. The molecule has 6 nitrogen and oxygen atoms in total. The lowest BCUT2D eigenvalue weighted by Crippen LogP contribution is -2.21. The van der Waals surface area contributed by atoms with Crippen LogP contribution >= 0.6 is 0 Å². The summed E-state index contributed by atoms with van der Waals surface area (Å²) in [5, 5.41) is 7.29. The molecule has 0 fully saturated rings. The molecular weight excluding hydrogens is 230 g/mol. The fraction of sp³-hybridized carbons (Fsp3) is 0. The number of hydrogen-bond donors (Lipinski definition) is 3. The van der Waals surface area contributed by atoms with Crippen molar-refractivity contribution in [1.82, 2.24) is 0 Å². The van der Waals surface area contributed by atoms with Gasteiger partial charge >= 0.3 is 0 Å². The van der Waals surface area contributed by atoms with Crippen LogP contribution in [0.4, 0.5) is 11.4 Å². The van der Waals surface area contributed by atoms with Crippen LogP contribution in [0.5, 0.6) is 0 Å². The zero-order chi connectivity index (χ0) is 12.2. The van der Waals surface area contributed by atoms with E-state index in [9.17, 15) is 13.2 Å². The summed E-state index contributed by atoms with van der Waals surface area (Å²) in [4.78, 5) is 11.0. The molecule has 0 saturated carbocycles. The van der Waals surface area contributed by atoms with E-state index in [-0.39, 0.29) is 11.6 Å². The highest BCUT2D eigenvalue weighted by atomic mass is 32.2. The van der Waals surface area contributed by atoms with Crippen molar-refractivity contribution < 1.29 is 13.2 Å². The number of amides is 1. The lowest BCUT2D eigenvalue weighted by molar-refractivity contribution is -0.111. The molecule has 0 unspecified atom stereocenters. The largest absolute Gasteiger partial charge is 0.322 e. The van der Waals surface area contributed by atoms with Gasteiger partial charge in [-0.05, 0) is 24.3 Å². The highest BCUT2D eigenvalue weighted by Gasteiger charge is 2.03. The SMILES string of the molecule is C=CC(=O)Nc1cccc(NS(N)(=O)=O)c1. The second-order valence-corrected chi connectivity index (χ2v) is 4.22. The monoisotopic (exact) mass is 241 g/mol. The van der Waals surface area contributed by atoms with Gasteiger partial charge in [0.2, 0.25) is 5.91 Å². The summed E-state index contributed by atoms with van der Waals surface area (Å²) in [5.74, 6) is -0.382. The quantitative estimate of drug-likeness (QED) is 0.666. The smallest absolute Gasteiger partial charge is 0.296 e. The number of carbonyl (C=O) groups excluding carboxylic acids is 1. The standard InChI is InChI=1S/C9H11N3O3S/c1-2-9(13)11-7-4-3-5-8(6-7)12-16(10,14)15/h2-6,12H,1H2,(H,11,13)(H2,10,14,15). The van der Waals surface area contributed by atoms with Crippen LogP contribution in [-0.2, 0) is 15.0 Å². The Bertz CT molecular complexity index is 510. The minimum atomic E-state index is -3.81. The maximum Gasteiger partial charge on any atom is 0.296 e. The Labute approximate surface area is 93.3 Å². The van der Waals surface area contributed by atoms with Gasteiger partial charge in [-0.1, -0.05) is 12.6 Å². The Morgan fingerprint density at radius 1 is 1.38 bits per heavy atom. The van der Waals surface area contributed by atoms with E-state index in [4.69, 9.17) is 5.14 Å². The van der Waals surface area contributed by atoms with Crippen molar-refractivity contribution in [2.24, 2.45) is 5.14 Å². The molecule has 1 aromatic carbocycles. The third kappa shape index (κ3) is 4.11. The van der Waals surface area contributed by atoms with E-state index in [0.717, 1.165) is 6.08 Å². The van der Waals surface area contributed by atoms with E-state index in [1.807, 2.05) is 0 Å². The highest BCUT2D eigenvalue weighted by Crippen LogP contribution is 2.15. The maximum absolute atomic E-state index is 11.0. The molecule has 0 aliphatic heterocycles. The molecule has 86 valence electrons. The number of nitrogens with one attached hydrogen (secondary N) is 2. The Morgan fingerprint density at radius 2 is 2.00 bits per heavy atom. The molecular formula is C9H11N3O3S. The van der Waals surface area contributed by atoms with Crippen molar-refractivity contribution in [1.29, 1.82) is 0 Å². The fourth-order valence-electron chi connectivity index (χ4n) is 1.02. The van der Waals surface area contributed by atoms with Gasteiger partial charge in [0.15, 0.2) is 0 Å². The van der Waals surface area contributed by atoms with E-state index in [1.54, 1.807) is 12.1 Å². The first kappa shape index (κ1) is 12.2. The normalized spacial score (nSPS) is 10.6. The summed E-state index contributed by atoms with van der Waals surface area (Å²) in [5.41, 5.74) is 0.711. The molecule has 4 N–H and O–H groups in total. The molecule has 0 radical (unpaired) electrons. The first-order chi connectivity index (χ1) is 7.40. The molecule has 0 saturated heterocycles. The Balaban J connectivity index is 2.87. The Morgan fingerprint density at radius 3 is 2.56 bits per heavy atom. The van der Waals surface area contributed by atoms with Crippen LogP contribution in [0, 0.1) is 0 Å². The zero-order valence-electron chi connectivity index (χ0n) is 8.30. The topological polar surface area (TPSA) is 101 Å². The van der Waals surface area contributed by atoms with Crippen LogP contribution in [0.25, 0.3) is 0 Å². The van der Waals surface area contributed by atoms with Gasteiger partial charge in [-0.15, -0.1) is 0 Å². The van der Waals surface area contributed by atoms with Gasteiger partial charge in [-0.3, -0.25) is 9.52 Å². The van der Waals surface area contributed by atoms with Crippen LogP contribution in [0.2, 0.25) is 0 Å². The lowest BCUT2D eigenvalue weighted by atomic mass is 10.3. The number of benzene rings is 1. The van der Waals surface area contributed by atoms with E-state index in [2.05, 4.69) is 16.6 Å². The zero-order valence-corrected chi connectivity index (χ0v) is 9.12. The number of nitrogens with two attached hydrogens (primary N) is 1. The predicted octanol–water partition coefficient (Wildman–Crippen LogP) is 0.427. The first-order valence-corrected chi connectivity index (χ1v) is 5.79. The molecule has 0 bridgehead atoms. The number of carbonyl (C=O) groups is 1. The number of anilines is 2. The predicted molar refractivity (Wildman–Crippen MR) is 62.0 cm³/mol. The van der Waals surface area contributed by atoms with Gasteiger partial charge in [0.25, 0.3) is 10.2 Å². The van der Waals surface area contributed by atoms with Crippen molar-refractivity contribution in [3.8, 4) is 0 Å². The molecule has 0 spiro atoms. The van der Waals surface area contributed by atoms with Crippen LogP contribution in [-0.4, -0.2) is 14.3 Å². The Kier molecular flexibility index (Phi) is 3.64. The van der Waals surface area contributed by atoms with Gasteiger partial charge in [0.1, 0.15) is 0 Å². The Hall–Kier alpha value is -1.86. The van der Waals surface area contributed by atoms with Gasteiger partial charge in [0, 0.05) is 5.69 Å². The van der Waals surface area contributed by atoms with E-state index in [1.165, 1.54) is 12.1 Å². The molecule has 7 heteroatoms. The van der Waals surface area contributed by atoms with Crippen molar-refractivity contribution in [3.05, 3.63) is 36.9 Å². The average Bonchev–Trinajstić information content (AvgIpc) is 2.15. The van der Waals surface area contributed by atoms with E-state index in [0.29, 0.717) is 5.69 Å². The first-order valence-electron chi connectivity index (χ1n) is 4.25. The summed E-state index contributed by atoms with van der Waals surface area (Å²) in [7, 11) is -3.81. The minimum Gasteiger partial charge on any atom is -0.322 e. The number of hydrogen-bond acceptors (Lipinski definition) is 3. The molecule has 1 rings (SSSR count). The van der Waals surface area contributed by atoms with Crippen LogP contribution in [0.3, 0.4) is 0 Å². The van der Waals surface area contributed by atoms with E-state index < -0.39 is 10.2 Å². The second-order valence-electron chi connectivity index (χ2n) is 2.92. The van der Waals surface area contributed by atoms with Gasteiger partial charge in [0.05, 0.1) is 5.69 Å². The maximum atomic E-state index is 11.0. The summed E-state index contributed by atoms with van der Waals surface area (Å²) >= 11 is 0. The molecule has 0 heterocycles. The van der Waals surface area contributed by atoms with Crippen molar-refractivity contribution in [2.45, 2.75) is 0 Å². The lowest BCUT2D eigenvalue weighted by Gasteiger charge is -2.06. The molecule has 1 aromatic rings. The van der Waals surface area contributed by atoms with Gasteiger partial charge < -0.3 is 5.32 Å². The molecule has 0 aliphatic rings. The van der Waals surface area contributed by atoms with Crippen molar-refractivity contribution >= 4 is 27.5 Å². The fourth-order valence-corrected chi connectivity index (χ4v) is 1.47. The van der Waals surface area contributed by atoms with E-state index >= 15 is 0 Å². The van der Waals surface area contributed by atoms with Crippen molar-refractivity contribution in [2.75, 3.05) is 10.0 Å². The highest BCUT2D eigenvalue weighted by molar-refractivity contribution is 7.90. The van der Waals surface area contributed by atoms with Crippen LogP contribution in [0.15, 0.2) is 36.9 Å². The minimum absolute atomic E-state index is 0.268.